The van der Waals surface area contributed by atoms with E-state index in [-0.39, 0.29) is 14.0 Å². The van der Waals surface area contributed by atoms with Crippen molar-refractivity contribution in [3.8, 4) is 0 Å². The Kier molecular flexibility index (Phi) is 5.74. The number of para-hydroxylation sites is 1. The van der Waals surface area contributed by atoms with Crippen LogP contribution in [0.3, 0.4) is 0 Å². The number of aryl methyl sites for hydroxylation is 1. The number of benzene rings is 2. The zero-order valence-corrected chi connectivity index (χ0v) is 15.3. The van der Waals surface area contributed by atoms with Crippen LogP contribution in [0.15, 0.2) is 48.0 Å². The van der Waals surface area contributed by atoms with Crippen LogP contribution in [0.5, 0.6) is 0 Å². The molecule has 3 heteroatoms. The minimum Gasteiger partial charge on any atom is -0.378 e. The molecule has 0 aliphatic rings. The van der Waals surface area contributed by atoms with E-state index in [9.17, 15) is 0 Å². The Morgan fingerprint density at radius 2 is 1.91 bits per heavy atom. The maximum Gasteiger partial charge on any atom is 0.0747 e. The van der Waals surface area contributed by atoms with E-state index in [2.05, 4.69) is 87.2 Å². The number of rotatable bonds is 6. The van der Waals surface area contributed by atoms with Crippen molar-refractivity contribution in [3.05, 3.63) is 59.7 Å². The van der Waals surface area contributed by atoms with Gasteiger partial charge in [-0.2, -0.15) is 0 Å². The molecule has 0 radical (unpaired) electrons. The molecule has 0 heterocycles. The van der Waals surface area contributed by atoms with Crippen molar-refractivity contribution in [1.29, 1.82) is 0 Å². The molecular formula is C20H25N2P. The molecule has 2 aromatic rings. The average molecular weight is 324 g/mol. The molecule has 1 atom stereocenters. The minimum absolute atomic E-state index is 0.144. The lowest BCUT2D eigenvalue weighted by Crippen LogP contribution is -2.14. The van der Waals surface area contributed by atoms with E-state index in [1.807, 2.05) is 6.08 Å². The summed E-state index contributed by atoms with van der Waals surface area (Å²) in [5, 5.41) is 5.04. The highest BCUT2D eigenvalue weighted by molar-refractivity contribution is 7.64. The van der Waals surface area contributed by atoms with Gasteiger partial charge in [-0.05, 0) is 51.3 Å². The molecule has 0 aliphatic carbocycles. The monoisotopic (exact) mass is 324 g/mol. The van der Waals surface area contributed by atoms with E-state index in [1.54, 1.807) is 0 Å². The number of nitrogens with one attached hydrogen (secondary N) is 1. The van der Waals surface area contributed by atoms with Crippen LogP contribution < -0.4 is 10.6 Å². The third-order valence-corrected chi connectivity index (χ3v) is 5.27. The summed E-state index contributed by atoms with van der Waals surface area (Å²) < 4.78 is 0. The van der Waals surface area contributed by atoms with Crippen molar-refractivity contribution in [2.75, 3.05) is 18.6 Å². The predicted molar refractivity (Wildman–Crippen MR) is 107 cm³/mol. The van der Waals surface area contributed by atoms with E-state index in [4.69, 9.17) is 0 Å². The third kappa shape index (κ3) is 3.89. The molecule has 2 rings (SSSR count). The average Bonchev–Trinajstić information content (AvgIpc) is 2.54. The molecule has 0 aliphatic heterocycles. The second kappa shape index (κ2) is 7.57. The Hall–Kier alpha value is -1.92. The second-order valence-corrected chi connectivity index (χ2v) is 8.20. The largest absolute Gasteiger partial charge is 0.378 e. The van der Waals surface area contributed by atoms with Crippen molar-refractivity contribution in [2.24, 2.45) is 4.99 Å². The van der Waals surface area contributed by atoms with Crippen LogP contribution >= 0.6 is 7.92 Å². The van der Waals surface area contributed by atoms with E-state index in [0.717, 1.165) is 16.8 Å². The smallest absolute Gasteiger partial charge is 0.0747 e. The fourth-order valence-corrected chi connectivity index (χ4v) is 3.81. The zero-order chi connectivity index (χ0) is 17.0. The van der Waals surface area contributed by atoms with Gasteiger partial charge in [-0.3, -0.25) is 4.99 Å². The summed E-state index contributed by atoms with van der Waals surface area (Å²) in [5.41, 5.74) is 5.51. The molecule has 0 amide bonds. The Bertz CT molecular complexity index is 720. The molecule has 1 unspecified atom stereocenters. The molecule has 2 nitrogen and oxygen atoms in total. The minimum atomic E-state index is -0.157. The van der Waals surface area contributed by atoms with Gasteiger partial charge < -0.3 is 5.32 Å². The van der Waals surface area contributed by atoms with E-state index < -0.39 is 0 Å². The number of aliphatic imine (C=N–C) groups is 1. The summed E-state index contributed by atoms with van der Waals surface area (Å²) in [4.78, 5) is 4.25. The Balaban J connectivity index is 2.42. The lowest BCUT2D eigenvalue weighted by atomic mass is 9.98. The topological polar surface area (TPSA) is 24.4 Å². The Morgan fingerprint density at radius 3 is 2.52 bits per heavy atom. The quantitative estimate of drug-likeness (QED) is 0.550. The highest BCUT2D eigenvalue weighted by atomic mass is 31.1. The Morgan fingerprint density at radius 1 is 1.22 bits per heavy atom. The number of hydrogen-bond acceptors (Lipinski definition) is 2. The van der Waals surface area contributed by atoms with Gasteiger partial charge in [0.25, 0.3) is 0 Å². The van der Waals surface area contributed by atoms with E-state index in [1.165, 1.54) is 16.6 Å². The molecule has 120 valence electrons. The van der Waals surface area contributed by atoms with Gasteiger partial charge in [0.05, 0.1) is 11.7 Å². The van der Waals surface area contributed by atoms with Gasteiger partial charge in [0, 0.05) is 16.8 Å². The first-order chi connectivity index (χ1) is 11.0. The van der Waals surface area contributed by atoms with Crippen LogP contribution in [0.1, 0.15) is 29.7 Å². The summed E-state index contributed by atoms with van der Waals surface area (Å²) in [7, 11) is -0.157. The highest BCUT2D eigenvalue weighted by Crippen LogP contribution is 2.34. The fourth-order valence-electron chi connectivity index (χ4n) is 2.80. The normalized spacial score (nSPS) is 12.0. The molecule has 0 bridgehead atoms. The first-order valence-corrected chi connectivity index (χ1v) is 9.98. The third-order valence-electron chi connectivity index (χ3n) is 3.92. The number of anilines is 1. The summed E-state index contributed by atoms with van der Waals surface area (Å²) >= 11 is 0. The molecule has 0 saturated carbocycles. The van der Waals surface area contributed by atoms with E-state index in [0.29, 0.717) is 0 Å². The highest BCUT2D eigenvalue weighted by Gasteiger charge is 2.15. The van der Waals surface area contributed by atoms with Gasteiger partial charge in [0.15, 0.2) is 0 Å². The second-order valence-electron chi connectivity index (χ2n) is 5.93. The van der Waals surface area contributed by atoms with Crippen LogP contribution in [-0.2, 0) is 0 Å². The van der Waals surface area contributed by atoms with Crippen LogP contribution in [0, 0.1) is 6.92 Å². The predicted octanol–water partition coefficient (Wildman–Crippen LogP) is 5.51. The van der Waals surface area contributed by atoms with Gasteiger partial charge in [-0.15, -0.1) is 0 Å². The maximum absolute atomic E-state index is 4.25. The SMILES string of the molecule is C=Cc1cc(C)cc(C(C)Nc2ccccc2P(C)C)c1N=C. The summed E-state index contributed by atoms with van der Waals surface area (Å²) in [5.74, 6) is 0. The Labute approximate surface area is 141 Å². The van der Waals surface area contributed by atoms with Gasteiger partial charge in [0.1, 0.15) is 0 Å². The fraction of sp³-hybridized carbons (Fsp3) is 0.250. The molecule has 1 N–H and O–H groups in total. The standard InChI is InChI=1S/C20H25N2P/c1-7-16-12-14(2)13-17(20(16)21-4)15(3)22-18-10-8-9-11-19(18)23(5)6/h7-13,15,22H,1,4H2,2-3,5-6H3. The summed E-state index contributed by atoms with van der Waals surface area (Å²) in [6.45, 7) is 16.5. The number of hydrogen-bond donors (Lipinski definition) is 1. The van der Waals surface area contributed by atoms with Crippen molar-refractivity contribution >= 4 is 37.4 Å². The van der Waals surface area contributed by atoms with Crippen molar-refractivity contribution in [1.82, 2.24) is 0 Å². The van der Waals surface area contributed by atoms with Gasteiger partial charge in [-0.25, -0.2) is 0 Å². The van der Waals surface area contributed by atoms with E-state index >= 15 is 0 Å². The summed E-state index contributed by atoms with van der Waals surface area (Å²) in [6, 6.07) is 13.0. The van der Waals surface area contributed by atoms with Crippen molar-refractivity contribution in [3.63, 3.8) is 0 Å². The van der Waals surface area contributed by atoms with Crippen LogP contribution in [-0.4, -0.2) is 20.0 Å². The van der Waals surface area contributed by atoms with Gasteiger partial charge >= 0.3 is 0 Å². The first kappa shape index (κ1) is 17.4. The molecule has 0 aromatic heterocycles. The molecule has 0 spiro atoms. The molecular weight excluding hydrogens is 299 g/mol. The van der Waals surface area contributed by atoms with Gasteiger partial charge in [0.2, 0.25) is 0 Å². The first-order valence-electron chi connectivity index (χ1n) is 7.74. The van der Waals surface area contributed by atoms with Gasteiger partial charge in [-0.1, -0.05) is 50.4 Å². The van der Waals surface area contributed by atoms with Crippen LogP contribution in [0.4, 0.5) is 11.4 Å². The van der Waals surface area contributed by atoms with Crippen LogP contribution in [0.2, 0.25) is 0 Å². The van der Waals surface area contributed by atoms with Crippen LogP contribution in [0.25, 0.3) is 6.08 Å². The molecule has 2 aromatic carbocycles. The maximum atomic E-state index is 4.25. The number of nitrogens with zero attached hydrogens (tertiary/aromatic N) is 1. The molecule has 0 fully saturated rings. The summed E-state index contributed by atoms with van der Waals surface area (Å²) in [6.07, 6.45) is 1.85. The zero-order valence-electron chi connectivity index (χ0n) is 14.4. The molecule has 23 heavy (non-hydrogen) atoms. The lowest BCUT2D eigenvalue weighted by molar-refractivity contribution is 0.884. The molecule has 0 saturated heterocycles. The lowest BCUT2D eigenvalue weighted by Gasteiger charge is -2.22. The van der Waals surface area contributed by atoms with Crippen molar-refractivity contribution < 1.29 is 0 Å². The van der Waals surface area contributed by atoms with Crippen molar-refractivity contribution in [2.45, 2.75) is 19.9 Å².